The number of hydrogen-bond donors (Lipinski definition) is 2. The van der Waals surface area contributed by atoms with Crippen LogP contribution < -0.4 is 10.0 Å². The fourth-order valence-electron chi connectivity index (χ4n) is 1.98. The Morgan fingerprint density at radius 3 is 2.71 bits per heavy atom. The van der Waals surface area contributed by atoms with Crippen molar-refractivity contribution in [1.29, 1.82) is 0 Å². The zero-order chi connectivity index (χ0) is 15.5. The predicted molar refractivity (Wildman–Crippen MR) is 82.6 cm³/mol. The summed E-state index contributed by atoms with van der Waals surface area (Å²) >= 11 is 0. The maximum Gasteiger partial charge on any atom is 0.263 e. The van der Waals surface area contributed by atoms with Crippen LogP contribution in [0.2, 0.25) is 0 Å². The van der Waals surface area contributed by atoms with Crippen LogP contribution in [-0.2, 0) is 23.6 Å². The minimum absolute atomic E-state index is 0.249. The van der Waals surface area contributed by atoms with E-state index in [2.05, 4.69) is 15.0 Å². The molecule has 0 spiro atoms. The summed E-state index contributed by atoms with van der Waals surface area (Å²) in [7, 11) is -1.76. The van der Waals surface area contributed by atoms with Crippen molar-refractivity contribution in [3.63, 3.8) is 0 Å². The van der Waals surface area contributed by atoms with Gasteiger partial charge < -0.3 is 9.88 Å². The second-order valence-corrected chi connectivity index (χ2v) is 6.60. The van der Waals surface area contributed by atoms with Crippen LogP contribution in [0.1, 0.15) is 18.2 Å². The summed E-state index contributed by atoms with van der Waals surface area (Å²) in [5.74, 6) is 0. The Kier molecular flexibility index (Phi) is 4.64. The summed E-state index contributed by atoms with van der Waals surface area (Å²) in [4.78, 5) is 4.23. The van der Waals surface area contributed by atoms with Crippen molar-refractivity contribution >= 4 is 15.7 Å². The van der Waals surface area contributed by atoms with E-state index >= 15 is 0 Å². The van der Waals surface area contributed by atoms with Gasteiger partial charge in [0, 0.05) is 31.7 Å². The Labute approximate surface area is 125 Å². The van der Waals surface area contributed by atoms with E-state index in [1.54, 1.807) is 24.5 Å². The van der Waals surface area contributed by atoms with Gasteiger partial charge in [-0.25, -0.2) is 8.42 Å². The highest BCUT2D eigenvalue weighted by Gasteiger charge is 2.17. The molecule has 2 rings (SSSR count). The number of sulfonamides is 1. The molecule has 0 aliphatic rings. The van der Waals surface area contributed by atoms with E-state index in [9.17, 15) is 8.42 Å². The summed E-state index contributed by atoms with van der Waals surface area (Å²) in [6.07, 6.45) is 4.78. The van der Waals surface area contributed by atoms with Crippen molar-refractivity contribution in [2.45, 2.75) is 25.3 Å². The average molecular weight is 308 g/mol. The molecule has 0 aromatic carbocycles. The molecular formula is C14H20N4O2S. The molecule has 2 aromatic rings. The van der Waals surface area contributed by atoms with Gasteiger partial charge in [-0.15, -0.1) is 0 Å². The number of rotatable bonds is 6. The van der Waals surface area contributed by atoms with Crippen molar-refractivity contribution in [1.82, 2.24) is 14.9 Å². The summed E-state index contributed by atoms with van der Waals surface area (Å²) in [5.41, 5.74) is 2.28. The number of aryl methyl sites for hydroxylation is 2. The molecule has 7 heteroatoms. The van der Waals surface area contributed by atoms with Gasteiger partial charge in [-0.05, 0) is 31.2 Å². The molecule has 114 valence electrons. The van der Waals surface area contributed by atoms with Gasteiger partial charge >= 0.3 is 0 Å². The first-order chi connectivity index (χ1) is 9.92. The highest BCUT2D eigenvalue weighted by atomic mass is 32.2. The highest BCUT2D eigenvalue weighted by molar-refractivity contribution is 7.92. The van der Waals surface area contributed by atoms with Crippen LogP contribution in [0.4, 0.5) is 5.69 Å². The molecule has 2 N–H and O–H groups in total. The summed E-state index contributed by atoms with van der Waals surface area (Å²) < 4.78 is 29.1. The van der Waals surface area contributed by atoms with Crippen LogP contribution in [0, 0.1) is 6.92 Å². The molecule has 0 saturated carbocycles. The Hall–Kier alpha value is -1.86. The minimum Gasteiger partial charge on any atom is -0.352 e. The van der Waals surface area contributed by atoms with Gasteiger partial charge in [-0.2, -0.15) is 0 Å². The van der Waals surface area contributed by atoms with Crippen molar-refractivity contribution in [3.05, 3.63) is 42.0 Å². The molecule has 2 aromatic heterocycles. The van der Waals surface area contributed by atoms with Crippen LogP contribution in [0.15, 0.2) is 35.6 Å². The van der Waals surface area contributed by atoms with Gasteiger partial charge in [0.25, 0.3) is 10.0 Å². The highest BCUT2D eigenvalue weighted by Crippen LogP contribution is 2.18. The fraction of sp³-hybridized carbons (Fsp3) is 0.357. The number of pyridine rings is 1. The Balaban J connectivity index is 2.23. The van der Waals surface area contributed by atoms with Gasteiger partial charge in [0.1, 0.15) is 4.90 Å². The van der Waals surface area contributed by atoms with E-state index in [4.69, 9.17) is 0 Å². The summed E-state index contributed by atoms with van der Waals surface area (Å²) in [6.45, 7) is 5.34. The van der Waals surface area contributed by atoms with E-state index in [1.807, 2.05) is 25.5 Å². The van der Waals surface area contributed by atoms with E-state index in [0.717, 1.165) is 17.8 Å². The lowest BCUT2D eigenvalue weighted by molar-refractivity contribution is 0.601. The maximum absolute atomic E-state index is 12.4. The van der Waals surface area contributed by atoms with Crippen LogP contribution in [0.25, 0.3) is 0 Å². The summed E-state index contributed by atoms with van der Waals surface area (Å²) in [5, 5.41) is 3.18. The molecule has 0 unspecified atom stereocenters. The second-order valence-electron chi connectivity index (χ2n) is 4.91. The van der Waals surface area contributed by atoms with E-state index in [-0.39, 0.29) is 4.90 Å². The molecule has 0 saturated heterocycles. The number of nitrogens with zero attached hydrogens (tertiary/aromatic N) is 2. The normalized spacial score (nSPS) is 11.6. The number of aromatic nitrogens is 2. The van der Waals surface area contributed by atoms with Crippen molar-refractivity contribution < 1.29 is 8.42 Å². The molecule has 0 radical (unpaired) electrons. The maximum atomic E-state index is 12.4. The van der Waals surface area contributed by atoms with Gasteiger partial charge in [-0.3, -0.25) is 9.71 Å². The van der Waals surface area contributed by atoms with Gasteiger partial charge in [0.05, 0.1) is 11.9 Å². The molecule has 21 heavy (non-hydrogen) atoms. The Morgan fingerprint density at radius 2 is 2.05 bits per heavy atom. The number of anilines is 1. The molecule has 0 aliphatic carbocycles. The van der Waals surface area contributed by atoms with E-state index in [1.165, 1.54) is 6.20 Å². The lowest BCUT2D eigenvalue weighted by Crippen LogP contribution is -2.14. The van der Waals surface area contributed by atoms with Crippen LogP contribution >= 0.6 is 0 Å². The lowest BCUT2D eigenvalue weighted by Gasteiger charge is -2.06. The Morgan fingerprint density at radius 1 is 1.29 bits per heavy atom. The Bertz CT molecular complexity index is 722. The van der Waals surface area contributed by atoms with Crippen LogP contribution in [0.5, 0.6) is 0 Å². The molecule has 0 fully saturated rings. The lowest BCUT2D eigenvalue weighted by atomic mass is 10.3. The van der Waals surface area contributed by atoms with E-state index in [0.29, 0.717) is 12.2 Å². The zero-order valence-corrected chi connectivity index (χ0v) is 13.2. The molecule has 0 amide bonds. The standard InChI is InChI=1S/C14H20N4O2S/c1-4-15-9-13-6-14(10-18(13)3)21(19,20)17-12-5-11(2)7-16-8-12/h5-8,10,15,17H,4,9H2,1-3H3. The summed E-state index contributed by atoms with van der Waals surface area (Å²) in [6, 6.07) is 3.42. The predicted octanol–water partition coefficient (Wildman–Crippen LogP) is 1.64. The van der Waals surface area contributed by atoms with Gasteiger partial charge in [-0.1, -0.05) is 6.92 Å². The zero-order valence-electron chi connectivity index (χ0n) is 12.4. The number of hydrogen-bond acceptors (Lipinski definition) is 4. The molecule has 2 heterocycles. The quantitative estimate of drug-likeness (QED) is 0.850. The molecule has 0 atom stereocenters. The third-order valence-corrected chi connectivity index (χ3v) is 4.42. The van der Waals surface area contributed by atoms with Crippen molar-refractivity contribution in [3.8, 4) is 0 Å². The van der Waals surface area contributed by atoms with Crippen molar-refractivity contribution in [2.75, 3.05) is 11.3 Å². The molecule has 0 bridgehead atoms. The first kappa shape index (κ1) is 15.5. The molecular weight excluding hydrogens is 288 g/mol. The fourth-order valence-corrected chi connectivity index (χ4v) is 3.11. The second kappa shape index (κ2) is 6.28. The SMILES string of the molecule is CCNCc1cc(S(=O)(=O)Nc2cncc(C)c2)cn1C. The molecule has 6 nitrogen and oxygen atoms in total. The first-order valence-electron chi connectivity index (χ1n) is 6.73. The van der Waals surface area contributed by atoms with Gasteiger partial charge in [0.2, 0.25) is 0 Å². The van der Waals surface area contributed by atoms with Crippen LogP contribution in [0.3, 0.4) is 0 Å². The third-order valence-electron chi connectivity index (χ3n) is 3.08. The monoisotopic (exact) mass is 308 g/mol. The van der Waals surface area contributed by atoms with Gasteiger partial charge in [0.15, 0.2) is 0 Å². The smallest absolute Gasteiger partial charge is 0.263 e. The number of nitrogens with one attached hydrogen (secondary N) is 2. The minimum atomic E-state index is -3.60. The van der Waals surface area contributed by atoms with Crippen molar-refractivity contribution in [2.24, 2.45) is 7.05 Å². The topological polar surface area (TPSA) is 76.0 Å². The van der Waals surface area contributed by atoms with E-state index < -0.39 is 10.0 Å². The average Bonchev–Trinajstić information content (AvgIpc) is 2.78. The largest absolute Gasteiger partial charge is 0.352 e. The van der Waals surface area contributed by atoms with Crippen LogP contribution in [-0.4, -0.2) is 24.5 Å². The molecule has 0 aliphatic heterocycles. The first-order valence-corrected chi connectivity index (χ1v) is 8.21. The third kappa shape index (κ3) is 3.83.